The van der Waals surface area contributed by atoms with E-state index < -0.39 is 0 Å². The summed E-state index contributed by atoms with van der Waals surface area (Å²) in [7, 11) is 1.60. The number of hydrogen-bond donors (Lipinski definition) is 1. The molecule has 2 aromatic rings. The Hall–Kier alpha value is -2.44. The highest BCUT2D eigenvalue weighted by Gasteiger charge is 2.21. The predicted molar refractivity (Wildman–Crippen MR) is 79.5 cm³/mol. The van der Waals surface area contributed by atoms with Gasteiger partial charge < -0.3 is 10.1 Å². The molecule has 116 valence electrons. The van der Waals surface area contributed by atoms with E-state index in [1.165, 1.54) is 12.8 Å². The molecular formula is C15H19N5O2. The van der Waals surface area contributed by atoms with Gasteiger partial charge in [0.2, 0.25) is 0 Å². The number of tetrazole rings is 1. The minimum atomic E-state index is -0.149. The molecule has 7 nitrogen and oxygen atoms in total. The van der Waals surface area contributed by atoms with Crippen molar-refractivity contribution < 1.29 is 9.53 Å². The van der Waals surface area contributed by atoms with Crippen LogP contribution in [0.4, 0.5) is 0 Å². The average Bonchev–Trinajstić information content (AvgIpc) is 3.23. The molecule has 1 aromatic heterocycles. The van der Waals surface area contributed by atoms with Crippen molar-refractivity contribution in [2.75, 3.05) is 7.11 Å². The minimum absolute atomic E-state index is 0.149. The summed E-state index contributed by atoms with van der Waals surface area (Å²) >= 11 is 0. The van der Waals surface area contributed by atoms with Crippen LogP contribution in [0.25, 0.3) is 0 Å². The molecule has 0 saturated heterocycles. The van der Waals surface area contributed by atoms with E-state index in [4.69, 9.17) is 4.74 Å². The van der Waals surface area contributed by atoms with Gasteiger partial charge in [-0.2, -0.15) is 0 Å². The van der Waals surface area contributed by atoms with Crippen molar-refractivity contribution >= 4 is 5.91 Å². The van der Waals surface area contributed by atoms with Crippen LogP contribution in [0, 0.1) is 0 Å². The van der Waals surface area contributed by atoms with Crippen LogP contribution in [0.2, 0.25) is 0 Å². The molecule has 0 bridgehead atoms. The van der Waals surface area contributed by atoms with E-state index in [-0.39, 0.29) is 5.91 Å². The van der Waals surface area contributed by atoms with Gasteiger partial charge in [-0.25, -0.2) is 4.68 Å². The van der Waals surface area contributed by atoms with Crippen molar-refractivity contribution in [1.82, 2.24) is 25.5 Å². The second kappa shape index (κ2) is 6.55. The van der Waals surface area contributed by atoms with Crippen molar-refractivity contribution in [2.45, 2.75) is 38.3 Å². The number of amides is 1. The normalized spacial score (nSPS) is 15.0. The highest BCUT2D eigenvalue weighted by atomic mass is 16.5. The Morgan fingerprint density at radius 2 is 2.05 bits per heavy atom. The molecule has 0 atom stereocenters. The summed E-state index contributed by atoms with van der Waals surface area (Å²) in [6.07, 6.45) is 4.62. The summed E-state index contributed by atoms with van der Waals surface area (Å²) in [6.45, 7) is 0.328. The molecule has 0 radical (unpaired) electrons. The highest BCUT2D eigenvalue weighted by Crippen LogP contribution is 2.29. The van der Waals surface area contributed by atoms with E-state index >= 15 is 0 Å². The molecule has 3 rings (SSSR count). The van der Waals surface area contributed by atoms with Crippen molar-refractivity contribution in [3.05, 3.63) is 35.7 Å². The molecule has 0 spiro atoms. The van der Waals surface area contributed by atoms with Gasteiger partial charge in [0.15, 0.2) is 5.82 Å². The maximum atomic E-state index is 12.1. The molecule has 1 saturated carbocycles. The number of rotatable bonds is 5. The van der Waals surface area contributed by atoms with Crippen LogP contribution in [0.5, 0.6) is 5.75 Å². The Morgan fingerprint density at radius 1 is 1.32 bits per heavy atom. The van der Waals surface area contributed by atoms with E-state index in [1.807, 2.05) is 4.68 Å². The van der Waals surface area contributed by atoms with Gasteiger partial charge in [-0.1, -0.05) is 12.8 Å². The van der Waals surface area contributed by atoms with Gasteiger partial charge in [0.25, 0.3) is 5.91 Å². The van der Waals surface area contributed by atoms with Gasteiger partial charge in [-0.15, -0.1) is 5.10 Å². The predicted octanol–water partition coefficient (Wildman–Crippen LogP) is 1.73. The SMILES string of the molecule is COc1ccc(C(=O)NCc2nnnn2C2CCCC2)cc1. The van der Waals surface area contributed by atoms with Crippen LogP contribution in [0.15, 0.2) is 24.3 Å². The van der Waals surface area contributed by atoms with Gasteiger partial charge in [0.05, 0.1) is 19.7 Å². The van der Waals surface area contributed by atoms with Gasteiger partial charge in [-0.05, 0) is 47.5 Å². The number of benzene rings is 1. The lowest BCUT2D eigenvalue weighted by Gasteiger charge is -2.11. The van der Waals surface area contributed by atoms with Crippen molar-refractivity contribution in [2.24, 2.45) is 0 Å². The van der Waals surface area contributed by atoms with Gasteiger partial charge in [0, 0.05) is 5.56 Å². The quantitative estimate of drug-likeness (QED) is 0.909. The summed E-state index contributed by atoms with van der Waals surface area (Å²) in [5.41, 5.74) is 0.584. The first kappa shape index (κ1) is 14.5. The number of carbonyl (C=O) groups is 1. The van der Waals surface area contributed by atoms with Crippen molar-refractivity contribution in [3.8, 4) is 5.75 Å². The fraction of sp³-hybridized carbons (Fsp3) is 0.467. The van der Waals surface area contributed by atoms with Crippen LogP contribution in [-0.4, -0.2) is 33.2 Å². The summed E-state index contributed by atoms with van der Waals surface area (Å²) in [5.74, 6) is 1.28. The molecule has 1 aromatic carbocycles. The van der Waals surface area contributed by atoms with E-state index in [1.54, 1.807) is 31.4 Å². The first-order valence-electron chi connectivity index (χ1n) is 7.47. The molecule has 1 aliphatic rings. The van der Waals surface area contributed by atoms with E-state index in [2.05, 4.69) is 20.8 Å². The summed E-state index contributed by atoms with van der Waals surface area (Å²) in [5, 5.41) is 14.7. The minimum Gasteiger partial charge on any atom is -0.497 e. The Labute approximate surface area is 128 Å². The fourth-order valence-electron chi connectivity index (χ4n) is 2.76. The monoisotopic (exact) mass is 301 g/mol. The number of methoxy groups -OCH3 is 1. The molecule has 22 heavy (non-hydrogen) atoms. The van der Waals surface area contributed by atoms with Crippen molar-refractivity contribution in [1.29, 1.82) is 0 Å². The Kier molecular flexibility index (Phi) is 4.32. The number of hydrogen-bond acceptors (Lipinski definition) is 5. The largest absolute Gasteiger partial charge is 0.497 e. The number of aromatic nitrogens is 4. The molecule has 0 unspecified atom stereocenters. The third-order valence-electron chi connectivity index (χ3n) is 3.99. The second-order valence-corrected chi connectivity index (χ2v) is 5.39. The molecule has 1 amide bonds. The molecule has 1 aliphatic carbocycles. The van der Waals surface area contributed by atoms with Gasteiger partial charge in [0.1, 0.15) is 5.75 Å². The lowest BCUT2D eigenvalue weighted by atomic mass is 10.2. The zero-order valence-electron chi connectivity index (χ0n) is 12.5. The Bertz CT molecular complexity index is 632. The zero-order valence-corrected chi connectivity index (χ0v) is 12.5. The topological polar surface area (TPSA) is 81.9 Å². The molecule has 7 heteroatoms. The number of ether oxygens (including phenoxy) is 1. The third kappa shape index (κ3) is 3.08. The molecular weight excluding hydrogens is 282 g/mol. The van der Waals surface area contributed by atoms with Crippen LogP contribution in [0.3, 0.4) is 0 Å². The Balaban J connectivity index is 1.62. The summed E-state index contributed by atoms with van der Waals surface area (Å²) in [4.78, 5) is 12.1. The first-order valence-corrected chi connectivity index (χ1v) is 7.47. The van der Waals surface area contributed by atoms with E-state index in [0.29, 0.717) is 24.0 Å². The first-order chi connectivity index (χ1) is 10.8. The maximum Gasteiger partial charge on any atom is 0.251 e. The Morgan fingerprint density at radius 3 is 2.73 bits per heavy atom. The summed E-state index contributed by atoms with van der Waals surface area (Å²) < 4.78 is 6.93. The number of nitrogens with one attached hydrogen (secondary N) is 1. The lowest BCUT2D eigenvalue weighted by Crippen LogP contribution is -2.25. The second-order valence-electron chi connectivity index (χ2n) is 5.39. The molecule has 0 aliphatic heterocycles. The van der Waals surface area contributed by atoms with Crippen LogP contribution in [0.1, 0.15) is 47.9 Å². The lowest BCUT2D eigenvalue weighted by molar-refractivity contribution is 0.0949. The van der Waals surface area contributed by atoms with Crippen LogP contribution >= 0.6 is 0 Å². The molecule has 1 heterocycles. The smallest absolute Gasteiger partial charge is 0.251 e. The van der Waals surface area contributed by atoms with E-state index in [9.17, 15) is 4.79 Å². The fourth-order valence-corrected chi connectivity index (χ4v) is 2.76. The van der Waals surface area contributed by atoms with Crippen molar-refractivity contribution in [3.63, 3.8) is 0 Å². The summed E-state index contributed by atoms with van der Waals surface area (Å²) in [6, 6.07) is 7.35. The number of nitrogens with zero attached hydrogens (tertiary/aromatic N) is 4. The van der Waals surface area contributed by atoms with E-state index in [0.717, 1.165) is 18.6 Å². The third-order valence-corrected chi connectivity index (χ3v) is 3.99. The maximum absolute atomic E-state index is 12.1. The van der Waals surface area contributed by atoms with Crippen LogP contribution in [-0.2, 0) is 6.54 Å². The standard InChI is InChI=1S/C15H19N5O2/c1-22-13-8-6-11(7-9-13)15(21)16-10-14-17-18-19-20(14)12-4-2-3-5-12/h6-9,12H,2-5,10H2,1H3,(H,16,21). The highest BCUT2D eigenvalue weighted by molar-refractivity contribution is 5.94. The number of carbonyl (C=O) groups excluding carboxylic acids is 1. The average molecular weight is 301 g/mol. The van der Waals surface area contributed by atoms with Gasteiger partial charge >= 0.3 is 0 Å². The zero-order chi connectivity index (χ0) is 15.4. The molecule has 1 fully saturated rings. The van der Waals surface area contributed by atoms with Gasteiger partial charge in [-0.3, -0.25) is 4.79 Å². The van der Waals surface area contributed by atoms with Crippen LogP contribution < -0.4 is 10.1 Å². The molecule has 1 N–H and O–H groups in total.